The number of benzene rings is 3. The number of carbonyl (C=O) groups is 1. The number of halogens is 1. The van der Waals surface area contributed by atoms with Gasteiger partial charge in [-0.25, -0.2) is 4.98 Å². The molecule has 3 aromatic carbocycles. The minimum atomic E-state index is -0.468. The number of nitrogens with zero attached hydrogens (tertiary/aromatic N) is 1. The molecule has 1 heterocycles. The van der Waals surface area contributed by atoms with Crippen molar-refractivity contribution < 1.29 is 18.7 Å². The summed E-state index contributed by atoms with van der Waals surface area (Å²) >= 11 is 11.7. The molecule has 0 aliphatic rings. The van der Waals surface area contributed by atoms with Crippen LogP contribution < -0.4 is 20.1 Å². The van der Waals surface area contributed by atoms with Crippen molar-refractivity contribution in [3.63, 3.8) is 0 Å². The fourth-order valence-corrected chi connectivity index (χ4v) is 3.57. The minimum absolute atomic E-state index is 0.0915. The Morgan fingerprint density at radius 2 is 1.75 bits per heavy atom. The summed E-state index contributed by atoms with van der Waals surface area (Å²) in [6.45, 7) is 0. The number of methoxy groups -OCH3 is 2. The number of aromatic nitrogens is 1. The first kappa shape index (κ1) is 21.6. The zero-order valence-corrected chi connectivity index (χ0v) is 18.7. The summed E-state index contributed by atoms with van der Waals surface area (Å²) in [5, 5.41) is 6.18. The molecule has 2 N–H and O–H groups in total. The van der Waals surface area contributed by atoms with Crippen LogP contribution in [0.15, 0.2) is 65.1 Å². The second-order valence-electron chi connectivity index (χ2n) is 6.63. The number of ether oxygens (including phenoxy) is 2. The Labute approximate surface area is 194 Å². The van der Waals surface area contributed by atoms with Gasteiger partial charge in [0.1, 0.15) is 22.6 Å². The van der Waals surface area contributed by atoms with Gasteiger partial charge in [0.25, 0.3) is 5.91 Å². The molecule has 162 valence electrons. The Bertz CT molecular complexity index is 1270. The maximum absolute atomic E-state index is 12.8. The van der Waals surface area contributed by atoms with E-state index in [1.165, 1.54) is 14.2 Å². The van der Waals surface area contributed by atoms with Crippen LogP contribution in [0.3, 0.4) is 0 Å². The van der Waals surface area contributed by atoms with Crippen LogP contribution in [0.1, 0.15) is 10.4 Å². The van der Waals surface area contributed by atoms with Crippen molar-refractivity contribution in [1.82, 2.24) is 10.3 Å². The van der Waals surface area contributed by atoms with Gasteiger partial charge in [-0.15, -0.1) is 0 Å². The lowest BCUT2D eigenvalue weighted by Gasteiger charge is -2.14. The molecular weight excluding hydrogens is 450 g/mol. The molecule has 9 heteroatoms. The number of rotatable bonds is 5. The molecule has 0 atom stereocenters. The molecule has 7 nitrogen and oxygen atoms in total. The van der Waals surface area contributed by atoms with Crippen LogP contribution in [0.25, 0.3) is 22.6 Å². The molecule has 0 saturated heterocycles. The molecule has 0 radical (unpaired) electrons. The van der Waals surface area contributed by atoms with Gasteiger partial charge in [0.05, 0.1) is 24.8 Å². The van der Waals surface area contributed by atoms with Crippen molar-refractivity contribution in [2.75, 3.05) is 19.5 Å². The number of fused-ring (bicyclic) bond motifs is 1. The average molecular weight is 468 g/mol. The topological polar surface area (TPSA) is 85.6 Å². The largest absolute Gasteiger partial charge is 0.496 e. The van der Waals surface area contributed by atoms with E-state index in [-0.39, 0.29) is 10.7 Å². The first-order valence-electron chi connectivity index (χ1n) is 9.49. The van der Waals surface area contributed by atoms with Crippen molar-refractivity contribution >= 4 is 51.6 Å². The van der Waals surface area contributed by atoms with Crippen molar-refractivity contribution in [2.45, 2.75) is 0 Å². The van der Waals surface area contributed by atoms with E-state index < -0.39 is 5.91 Å². The Morgan fingerprint density at radius 3 is 2.44 bits per heavy atom. The molecule has 4 aromatic rings. The lowest BCUT2D eigenvalue weighted by molar-refractivity contribution is 0.0971. The molecule has 32 heavy (non-hydrogen) atoms. The summed E-state index contributed by atoms with van der Waals surface area (Å²) < 4.78 is 16.4. The zero-order valence-electron chi connectivity index (χ0n) is 17.1. The van der Waals surface area contributed by atoms with Crippen molar-refractivity contribution in [2.24, 2.45) is 0 Å². The van der Waals surface area contributed by atoms with E-state index >= 15 is 0 Å². The third-order valence-electron chi connectivity index (χ3n) is 4.63. The standard InChI is InChI=1S/C23H18ClN3O4S/c1-29-18-8-5-9-19(30-2)20(18)21(28)27-23(32)25-13-10-11-15(24)14(12-13)22-26-16-6-3-4-7-17(16)31-22/h3-12H,1-2H3,(H2,25,27,28,32). The Kier molecular flexibility index (Phi) is 6.25. The molecule has 0 fully saturated rings. The van der Waals surface area contributed by atoms with Crippen LogP contribution in [0, 0.1) is 0 Å². The molecule has 4 rings (SSSR count). The summed E-state index contributed by atoms with van der Waals surface area (Å²) in [5.41, 5.74) is 2.82. The van der Waals surface area contributed by atoms with Gasteiger partial charge in [-0.05, 0) is 54.7 Å². The van der Waals surface area contributed by atoms with E-state index in [1.54, 1.807) is 36.4 Å². The quantitative estimate of drug-likeness (QED) is 0.385. The van der Waals surface area contributed by atoms with Gasteiger partial charge in [-0.3, -0.25) is 10.1 Å². The second-order valence-corrected chi connectivity index (χ2v) is 7.44. The number of oxazole rings is 1. The number of nitrogens with one attached hydrogen (secondary N) is 2. The lowest BCUT2D eigenvalue weighted by atomic mass is 10.1. The maximum Gasteiger partial charge on any atom is 0.264 e. The molecule has 1 amide bonds. The summed E-state index contributed by atoms with van der Waals surface area (Å²) in [6.07, 6.45) is 0. The van der Waals surface area contributed by atoms with Crippen molar-refractivity contribution in [3.8, 4) is 23.0 Å². The summed E-state index contributed by atoms with van der Waals surface area (Å²) in [4.78, 5) is 17.3. The highest BCUT2D eigenvalue weighted by atomic mass is 35.5. The van der Waals surface area contributed by atoms with Gasteiger partial charge in [-0.1, -0.05) is 29.8 Å². The Morgan fingerprint density at radius 1 is 1.03 bits per heavy atom. The number of amides is 1. The van der Waals surface area contributed by atoms with E-state index in [0.717, 1.165) is 5.52 Å². The molecule has 0 spiro atoms. The van der Waals surface area contributed by atoms with Gasteiger partial charge in [0, 0.05) is 5.69 Å². The first-order valence-corrected chi connectivity index (χ1v) is 10.3. The van der Waals surface area contributed by atoms with E-state index in [4.69, 9.17) is 37.7 Å². The predicted octanol–water partition coefficient (Wildman–Crippen LogP) is 5.29. The molecule has 1 aromatic heterocycles. The third-order valence-corrected chi connectivity index (χ3v) is 5.16. The number of carbonyl (C=O) groups excluding carboxylic acids is 1. The smallest absolute Gasteiger partial charge is 0.264 e. The summed E-state index contributed by atoms with van der Waals surface area (Å²) in [7, 11) is 2.95. The SMILES string of the molecule is COc1cccc(OC)c1C(=O)NC(=S)Nc1ccc(Cl)c(-c2nc3ccccc3o2)c1. The fraction of sp³-hybridized carbons (Fsp3) is 0.0870. The highest BCUT2D eigenvalue weighted by Gasteiger charge is 2.19. The Hall–Kier alpha value is -3.62. The normalized spacial score (nSPS) is 10.6. The van der Waals surface area contributed by atoms with Crippen molar-refractivity contribution in [3.05, 3.63) is 71.2 Å². The van der Waals surface area contributed by atoms with E-state index in [2.05, 4.69) is 15.6 Å². The van der Waals surface area contributed by atoms with Crippen LogP contribution in [0.4, 0.5) is 5.69 Å². The zero-order chi connectivity index (χ0) is 22.7. The lowest BCUT2D eigenvalue weighted by Crippen LogP contribution is -2.34. The number of hydrogen-bond acceptors (Lipinski definition) is 6. The van der Waals surface area contributed by atoms with Crippen molar-refractivity contribution in [1.29, 1.82) is 0 Å². The van der Waals surface area contributed by atoms with Gasteiger partial charge >= 0.3 is 0 Å². The van der Waals surface area contributed by atoms with E-state index in [0.29, 0.717) is 39.2 Å². The number of hydrogen-bond donors (Lipinski definition) is 2. The van der Waals surface area contributed by atoms with Crippen LogP contribution >= 0.6 is 23.8 Å². The van der Waals surface area contributed by atoms with Crippen LogP contribution in [0.2, 0.25) is 5.02 Å². The summed E-state index contributed by atoms with van der Waals surface area (Å²) in [5.74, 6) is 0.655. The monoisotopic (exact) mass is 467 g/mol. The molecule has 0 unspecified atom stereocenters. The maximum atomic E-state index is 12.8. The van der Waals surface area contributed by atoms with Gasteiger partial charge < -0.3 is 19.2 Å². The summed E-state index contributed by atoms with van der Waals surface area (Å²) in [6, 6.07) is 17.7. The Balaban J connectivity index is 1.54. The van der Waals surface area contributed by atoms with E-state index in [1.807, 2.05) is 24.3 Å². The number of thiocarbonyl (C=S) groups is 1. The molecular formula is C23H18ClN3O4S. The average Bonchev–Trinajstić information content (AvgIpc) is 3.23. The highest BCUT2D eigenvalue weighted by Crippen LogP contribution is 2.32. The van der Waals surface area contributed by atoms with Gasteiger partial charge in [0.2, 0.25) is 5.89 Å². The molecule has 0 aliphatic heterocycles. The highest BCUT2D eigenvalue weighted by molar-refractivity contribution is 7.80. The van der Waals surface area contributed by atoms with Gasteiger partial charge in [0.15, 0.2) is 10.7 Å². The van der Waals surface area contributed by atoms with Gasteiger partial charge in [-0.2, -0.15) is 0 Å². The first-order chi connectivity index (χ1) is 15.5. The number of anilines is 1. The van der Waals surface area contributed by atoms with Crippen LogP contribution in [0.5, 0.6) is 11.5 Å². The predicted molar refractivity (Wildman–Crippen MR) is 128 cm³/mol. The number of para-hydroxylation sites is 2. The fourth-order valence-electron chi connectivity index (χ4n) is 3.16. The molecule has 0 aliphatic carbocycles. The van der Waals surface area contributed by atoms with Crippen LogP contribution in [-0.4, -0.2) is 30.2 Å². The minimum Gasteiger partial charge on any atom is -0.496 e. The van der Waals surface area contributed by atoms with Crippen LogP contribution in [-0.2, 0) is 0 Å². The third kappa shape index (κ3) is 4.37. The molecule has 0 bridgehead atoms. The second kappa shape index (κ2) is 9.25. The molecule has 0 saturated carbocycles. The van der Waals surface area contributed by atoms with E-state index in [9.17, 15) is 4.79 Å².